The molecule has 2 aromatic rings. The van der Waals surface area contributed by atoms with E-state index in [0.717, 1.165) is 24.4 Å². The van der Waals surface area contributed by atoms with Crippen molar-refractivity contribution in [3.63, 3.8) is 0 Å². The Morgan fingerprint density at radius 3 is 3.05 bits per heavy atom. The number of rotatable bonds is 7. The van der Waals surface area contributed by atoms with Crippen LogP contribution in [0.5, 0.6) is 0 Å². The molecule has 0 saturated carbocycles. The lowest BCUT2D eigenvalue weighted by atomic mass is 10.3. The van der Waals surface area contributed by atoms with Gasteiger partial charge in [-0.3, -0.25) is 9.20 Å². The van der Waals surface area contributed by atoms with Gasteiger partial charge in [-0.05, 0) is 32.1 Å². The summed E-state index contributed by atoms with van der Waals surface area (Å²) in [7, 11) is 1.88. The molecule has 0 bridgehead atoms. The molecule has 0 aliphatic carbocycles. The predicted molar refractivity (Wildman–Crippen MR) is 72.9 cm³/mol. The van der Waals surface area contributed by atoms with Crippen LogP contribution >= 0.6 is 0 Å². The fraction of sp³-hybridized carbons (Fsp3) is 0.462. The monoisotopic (exact) mass is 261 g/mol. The van der Waals surface area contributed by atoms with E-state index in [1.54, 1.807) is 0 Å². The number of carbonyl (C=O) groups excluding carboxylic acids is 1. The fourth-order valence-electron chi connectivity index (χ4n) is 1.89. The quantitative estimate of drug-likeness (QED) is 0.707. The second-order valence-electron chi connectivity index (χ2n) is 4.35. The minimum absolute atomic E-state index is 0.0871. The lowest BCUT2D eigenvalue weighted by Gasteiger charge is -2.04. The van der Waals surface area contributed by atoms with Gasteiger partial charge in [0.05, 0.1) is 0 Å². The Morgan fingerprint density at radius 1 is 1.32 bits per heavy atom. The third-order valence-electron chi connectivity index (χ3n) is 2.89. The van der Waals surface area contributed by atoms with E-state index >= 15 is 0 Å². The molecule has 2 heterocycles. The van der Waals surface area contributed by atoms with E-state index in [2.05, 4.69) is 20.8 Å². The van der Waals surface area contributed by atoms with Crippen molar-refractivity contribution in [2.75, 3.05) is 20.1 Å². The molecule has 2 rings (SSSR count). The number of nitrogens with one attached hydrogen (secondary N) is 2. The van der Waals surface area contributed by atoms with Crippen molar-refractivity contribution in [3.8, 4) is 0 Å². The van der Waals surface area contributed by atoms with Crippen LogP contribution in [0.1, 0.15) is 18.7 Å². The van der Waals surface area contributed by atoms with E-state index in [0.29, 0.717) is 19.4 Å². The van der Waals surface area contributed by atoms with Crippen LogP contribution in [0, 0.1) is 0 Å². The van der Waals surface area contributed by atoms with Crippen LogP contribution < -0.4 is 10.6 Å². The normalized spacial score (nSPS) is 10.8. The van der Waals surface area contributed by atoms with Crippen LogP contribution in [0.4, 0.5) is 0 Å². The number of hydrogen-bond donors (Lipinski definition) is 2. The zero-order valence-corrected chi connectivity index (χ0v) is 11.1. The molecule has 6 heteroatoms. The first-order chi connectivity index (χ1) is 9.31. The second kappa shape index (κ2) is 6.84. The maximum absolute atomic E-state index is 11.5. The minimum atomic E-state index is 0.0871. The Hall–Kier alpha value is -1.95. The molecular formula is C13H19N5O. The van der Waals surface area contributed by atoms with Crippen LogP contribution in [-0.2, 0) is 11.2 Å². The molecule has 0 saturated heterocycles. The van der Waals surface area contributed by atoms with Crippen molar-refractivity contribution < 1.29 is 4.79 Å². The second-order valence-corrected chi connectivity index (χ2v) is 4.35. The SMILES string of the molecule is CNCCCC(=O)NCCc1nnc2ccccn12. The van der Waals surface area contributed by atoms with E-state index in [4.69, 9.17) is 0 Å². The highest BCUT2D eigenvalue weighted by Gasteiger charge is 2.05. The zero-order valence-electron chi connectivity index (χ0n) is 11.1. The lowest BCUT2D eigenvalue weighted by Crippen LogP contribution is -2.26. The smallest absolute Gasteiger partial charge is 0.220 e. The van der Waals surface area contributed by atoms with Crippen LogP contribution in [0.3, 0.4) is 0 Å². The van der Waals surface area contributed by atoms with Gasteiger partial charge in [-0.2, -0.15) is 0 Å². The Labute approximate surface area is 112 Å². The molecule has 102 valence electrons. The van der Waals surface area contributed by atoms with Gasteiger partial charge in [-0.1, -0.05) is 6.07 Å². The molecule has 0 aromatic carbocycles. The first kappa shape index (κ1) is 13.5. The van der Waals surface area contributed by atoms with Crippen molar-refractivity contribution in [2.24, 2.45) is 0 Å². The van der Waals surface area contributed by atoms with Crippen molar-refractivity contribution in [3.05, 3.63) is 30.2 Å². The summed E-state index contributed by atoms with van der Waals surface area (Å²) in [6.07, 6.45) is 4.03. The summed E-state index contributed by atoms with van der Waals surface area (Å²) in [6.45, 7) is 1.45. The first-order valence-corrected chi connectivity index (χ1v) is 6.51. The van der Waals surface area contributed by atoms with Crippen molar-refractivity contribution in [1.29, 1.82) is 0 Å². The molecule has 0 aliphatic heterocycles. The third-order valence-corrected chi connectivity index (χ3v) is 2.89. The third kappa shape index (κ3) is 3.75. The van der Waals surface area contributed by atoms with Crippen LogP contribution in [-0.4, -0.2) is 40.6 Å². The fourth-order valence-corrected chi connectivity index (χ4v) is 1.89. The van der Waals surface area contributed by atoms with Gasteiger partial charge in [0, 0.05) is 25.6 Å². The molecule has 6 nitrogen and oxygen atoms in total. The number of hydrogen-bond acceptors (Lipinski definition) is 4. The van der Waals surface area contributed by atoms with Gasteiger partial charge in [0.25, 0.3) is 0 Å². The van der Waals surface area contributed by atoms with Gasteiger partial charge in [-0.15, -0.1) is 10.2 Å². The summed E-state index contributed by atoms with van der Waals surface area (Å²) in [4.78, 5) is 11.5. The highest BCUT2D eigenvalue weighted by Crippen LogP contribution is 2.02. The van der Waals surface area contributed by atoms with Crippen molar-refractivity contribution in [1.82, 2.24) is 25.2 Å². The summed E-state index contributed by atoms with van der Waals surface area (Å²) >= 11 is 0. The number of carbonyl (C=O) groups is 1. The molecule has 0 aliphatic rings. The molecular weight excluding hydrogens is 242 g/mol. The summed E-state index contributed by atoms with van der Waals surface area (Å²) in [5.74, 6) is 0.954. The molecule has 2 aromatic heterocycles. The standard InChI is InChI=1S/C13H19N5O/c1-14-8-4-6-13(19)15-9-7-12-17-16-11-5-2-3-10-18(11)12/h2-3,5,10,14H,4,6-9H2,1H3,(H,15,19). The lowest BCUT2D eigenvalue weighted by molar-refractivity contribution is -0.121. The molecule has 0 radical (unpaired) electrons. The summed E-state index contributed by atoms with van der Waals surface area (Å²) in [5, 5.41) is 14.1. The molecule has 0 unspecified atom stereocenters. The Morgan fingerprint density at radius 2 is 2.21 bits per heavy atom. The van der Waals surface area contributed by atoms with Gasteiger partial charge < -0.3 is 10.6 Å². The average Bonchev–Trinajstić information content (AvgIpc) is 2.83. The number of nitrogens with zero attached hydrogens (tertiary/aromatic N) is 3. The highest BCUT2D eigenvalue weighted by atomic mass is 16.1. The first-order valence-electron chi connectivity index (χ1n) is 6.51. The Kier molecular flexibility index (Phi) is 4.85. The summed E-state index contributed by atoms with van der Waals surface area (Å²) < 4.78 is 1.94. The zero-order chi connectivity index (χ0) is 13.5. The molecule has 2 N–H and O–H groups in total. The van der Waals surface area contributed by atoms with Gasteiger partial charge >= 0.3 is 0 Å². The number of amides is 1. The maximum atomic E-state index is 11.5. The number of fused-ring (bicyclic) bond motifs is 1. The average molecular weight is 261 g/mol. The van der Waals surface area contributed by atoms with E-state index in [1.165, 1.54) is 0 Å². The maximum Gasteiger partial charge on any atom is 0.220 e. The van der Waals surface area contributed by atoms with E-state index in [1.807, 2.05) is 35.8 Å². The van der Waals surface area contributed by atoms with Crippen molar-refractivity contribution in [2.45, 2.75) is 19.3 Å². The van der Waals surface area contributed by atoms with Gasteiger partial charge in [-0.25, -0.2) is 0 Å². The van der Waals surface area contributed by atoms with Crippen LogP contribution in [0.15, 0.2) is 24.4 Å². The van der Waals surface area contributed by atoms with Gasteiger partial charge in [0.1, 0.15) is 5.82 Å². The molecule has 1 amide bonds. The van der Waals surface area contributed by atoms with Crippen LogP contribution in [0.25, 0.3) is 5.65 Å². The Balaban J connectivity index is 1.78. The van der Waals surface area contributed by atoms with Crippen LogP contribution in [0.2, 0.25) is 0 Å². The highest BCUT2D eigenvalue weighted by molar-refractivity contribution is 5.75. The number of pyridine rings is 1. The van der Waals surface area contributed by atoms with E-state index < -0.39 is 0 Å². The van der Waals surface area contributed by atoms with Gasteiger partial charge in [0.15, 0.2) is 5.65 Å². The largest absolute Gasteiger partial charge is 0.356 e. The summed E-state index contributed by atoms with van der Waals surface area (Å²) in [6, 6.07) is 5.78. The predicted octanol–water partition coefficient (Wildman–Crippen LogP) is 0.388. The van der Waals surface area contributed by atoms with E-state index in [-0.39, 0.29) is 5.91 Å². The summed E-state index contributed by atoms with van der Waals surface area (Å²) in [5.41, 5.74) is 0.831. The number of aromatic nitrogens is 3. The molecule has 0 atom stereocenters. The molecule has 0 fully saturated rings. The molecule has 19 heavy (non-hydrogen) atoms. The van der Waals surface area contributed by atoms with Crippen molar-refractivity contribution >= 4 is 11.6 Å². The minimum Gasteiger partial charge on any atom is -0.356 e. The Bertz CT molecular complexity index is 537. The van der Waals surface area contributed by atoms with E-state index in [9.17, 15) is 4.79 Å². The molecule has 0 spiro atoms. The van der Waals surface area contributed by atoms with Gasteiger partial charge in [0.2, 0.25) is 5.91 Å². The topological polar surface area (TPSA) is 71.3 Å².